The van der Waals surface area contributed by atoms with Crippen molar-refractivity contribution in [2.45, 2.75) is 94.3 Å². The van der Waals surface area contributed by atoms with Gasteiger partial charge < -0.3 is 27.9 Å². The number of hydrogen-bond donors (Lipinski definition) is 0. The van der Waals surface area contributed by atoms with E-state index in [0.717, 1.165) is 29.6 Å². The predicted octanol–water partition coefficient (Wildman–Crippen LogP) is 6.95. The number of hydrogen-bond acceptors (Lipinski definition) is 6. The lowest BCUT2D eigenvalue weighted by Crippen LogP contribution is -2.47. The quantitative estimate of drug-likeness (QED) is 0.292. The molecule has 46 heavy (non-hydrogen) atoms. The molecule has 0 spiro atoms. The first-order valence-corrected chi connectivity index (χ1v) is 17.0. The van der Waals surface area contributed by atoms with Gasteiger partial charge in [0.2, 0.25) is 0 Å². The molecule has 3 heterocycles. The van der Waals surface area contributed by atoms with Crippen LogP contribution in [0.2, 0.25) is 0 Å². The molecule has 0 unspecified atom stereocenters. The largest absolute Gasteiger partial charge is 0.494 e. The van der Waals surface area contributed by atoms with Crippen molar-refractivity contribution in [1.29, 1.82) is 0 Å². The fourth-order valence-electron chi connectivity index (χ4n) is 4.25. The molecule has 0 N–H and O–H groups in total. The maximum absolute atomic E-state index is 5.93. The van der Waals surface area contributed by atoms with Crippen molar-refractivity contribution >= 4 is 37.7 Å². The van der Waals surface area contributed by atoms with Gasteiger partial charge in [0.05, 0.1) is 24.4 Å². The third-order valence-electron chi connectivity index (χ3n) is 7.34. The fraction of sp³-hybridized carbons (Fsp3) is 0.514. The van der Waals surface area contributed by atoms with E-state index in [1.54, 1.807) is 0 Å². The standard InChI is InChI=1S/C12H17BO2.C11H15BO2.C8H9BO2.3C2H6/c1-11(2)12(3,4)15-13(14-11)10-8-6-5-7-9-10;1-11(2)8-13-12(14-9-11)10-6-4-3-5-7-10;1-2-4-8(5-3-1)9-10-6-7-11-9;3*1-2/h5-9H,1-4H3;3-7H,8-9H2,1-2H3;1-5H,6-7H2;3*1-2H3. The van der Waals surface area contributed by atoms with Gasteiger partial charge in [0.15, 0.2) is 0 Å². The van der Waals surface area contributed by atoms with Gasteiger partial charge in [-0.2, -0.15) is 0 Å². The molecule has 0 aromatic heterocycles. The lowest BCUT2D eigenvalue weighted by molar-refractivity contribution is 0.00578. The van der Waals surface area contributed by atoms with Crippen LogP contribution in [0.5, 0.6) is 0 Å². The van der Waals surface area contributed by atoms with Gasteiger partial charge in [0.25, 0.3) is 0 Å². The molecule has 0 saturated carbocycles. The lowest BCUT2D eigenvalue weighted by atomic mass is 9.76. The third kappa shape index (κ3) is 13.4. The van der Waals surface area contributed by atoms with E-state index < -0.39 is 0 Å². The van der Waals surface area contributed by atoms with E-state index in [-0.39, 0.29) is 38.0 Å². The molecule has 0 radical (unpaired) electrons. The maximum atomic E-state index is 5.93. The molecular weight excluding hydrogens is 573 g/mol. The van der Waals surface area contributed by atoms with E-state index in [1.165, 1.54) is 0 Å². The molecule has 0 bridgehead atoms. The van der Waals surface area contributed by atoms with Gasteiger partial charge in [-0.15, -0.1) is 0 Å². The van der Waals surface area contributed by atoms with Crippen LogP contribution in [0.15, 0.2) is 91.0 Å². The molecule has 3 aromatic rings. The average molecular weight is 632 g/mol. The highest BCUT2D eigenvalue weighted by atomic mass is 16.7. The highest BCUT2D eigenvalue weighted by molar-refractivity contribution is 6.62. The molecule has 6 nitrogen and oxygen atoms in total. The van der Waals surface area contributed by atoms with E-state index in [4.69, 9.17) is 27.9 Å². The van der Waals surface area contributed by atoms with Crippen LogP contribution in [-0.4, -0.2) is 59.0 Å². The van der Waals surface area contributed by atoms with Crippen LogP contribution in [0.3, 0.4) is 0 Å². The lowest BCUT2D eigenvalue weighted by Gasteiger charge is -2.33. The summed E-state index contributed by atoms with van der Waals surface area (Å²) in [6.45, 7) is 27.5. The SMILES string of the molecule is CC.CC.CC.CC1(C)COB(c2ccccc2)OC1.CC1(C)OB(c2ccccc2)OC1(C)C.c1ccc(B2OCCO2)cc1. The number of rotatable bonds is 3. The topological polar surface area (TPSA) is 55.4 Å². The normalized spacial score (nSPS) is 18.4. The summed E-state index contributed by atoms with van der Waals surface area (Å²) in [7, 11) is -0.545. The molecule has 9 heteroatoms. The van der Waals surface area contributed by atoms with Crippen LogP contribution in [0.25, 0.3) is 0 Å². The van der Waals surface area contributed by atoms with E-state index in [2.05, 4.69) is 41.5 Å². The third-order valence-corrected chi connectivity index (χ3v) is 7.34. The summed E-state index contributed by atoms with van der Waals surface area (Å²) in [6.07, 6.45) is 0. The molecule has 3 saturated heterocycles. The molecule has 0 atom stereocenters. The van der Waals surface area contributed by atoms with Crippen LogP contribution in [0.1, 0.15) is 83.1 Å². The fourth-order valence-corrected chi connectivity index (χ4v) is 4.25. The zero-order valence-electron chi connectivity index (χ0n) is 30.7. The summed E-state index contributed by atoms with van der Waals surface area (Å²) in [5.74, 6) is 0. The molecule has 3 aliphatic rings. The Labute approximate surface area is 282 Å². The second-order valence-electron chi connectivity index (χ2n) is 12.0. The molecule has 6 rings (SSSR count). The van der Waals surface area contributed by atoms with Gasteiger partial charge in [-0.3, -0.25) is 0 Å². The van der Waals surface area contributed by atoms with Gasteiger partial charge in [-0.05, 0) is 44.1 Å². The Bertz CT molecular complexity index is 1130. The Kier molecular flexibility index (Phi) is 19.4. The van der Waals surface area contributed by atoms with Crippen LogP contribution >= 0.6 is 0 Å². The van der Waals surface area contributed by atoms with E-state index in [0.29, 0.717) is 13.2 Å². The highest BCUT2D eigenvalue weighted by Crippen LogP contribution is 2.36. The Morgan fingerprint density at radius 1 is 0.413 bits per heavy atom. The van der Waals surface area contributed by atoms with Gasteiger partial charge in [-0.1, -0.05) is 146 Å². The minimum atomic E-state index is -0.256. The van der Waals surface area contributed by atoms with Crippen molar-refractivity contribution in [3.8, 4) is 0 Å². The monoisotopic (exact) mass is 632 g/mol. The molecule has 252 valence electrons. The summed E-state index contributed by atoms with van der Waals surface area (Å²) in [6, 6.07) is 30.1. The summed E-state index contributed by atoms with van der Waals surface area (Å²) >= 11 is 0. The zero-order chi connectivity index (χ0) is 34.6. The average Bonchev–Trinajstić information content (AvgIpc) is 3.71. The molecule has 0 amide bonds. The summed E-state index contributed by atoms with van der Waals surface area (Å²) in [4.78, 5) is 0. The first-order chi connectivity index (χ1) is 22.1. The summed E-state index contributed by atoms with van der Waals surface area (Å²) < 4.78 is 33.8. The van der Waals surface area contributed by atoms with Crippen molar-refractivity contribution in [3.63, 3.8) is 0 Å². The highest BCUT2D eigenvalue weighted by Gasteiger charge is 2.51. The van der Waals surface area contributed by atoms with Gasteiger partial charge in [0, 0.05) is 18.6 Å². The van der Waals surface area contributed by atoms with Gasteiger partial charge >= 0.3 is 21.4 Å². The van der Waals surface area contributed by atoms with E-state index in [9.17, 15) is 0 Å². The molecule has 0 aliphatic carbocycles. The van der Waals surface area contributed by atoms with Crippen LogP contribution in [-0.2, 0) is 27.9 Å². The van der Waals surface area contributed by atoms with Crippen molar-refractivity contribution in [1.82, 2.24) is 0 Å². The molecule has 3 fully saturated rings. The van der Waals surface area contributed by atoms with Gasteiger partial charge in [-0.25, -0.2) is 0 Å². The number of benzene rings is 3. The Hall–Kier alpha value is -2.39. The first-order valence-electron chi connectivity index (χ1n) is 17.0. The van der Waals surface area contributed by atoms with E-state index in [1.807, 2.05) is 133 Å². The minimum Gasteiger partial charge on any atom is -0.407 e. The Balaban J connectivity index is 0.000000321. The molecule has 3 aliphatic heterocycles. The predicted molar refractivity (Wildman–Crippen MR) is 197 cm³/mol. The van der Waals surface area contributed by atoms with E-state index >= 15 is 0 Å². The smallest absolute Gasteiger partial charge is 0.407 e. The maximum Gasteiger partial charge on any atom is 0.494 e. The van der Waals surface area contributed by atoms with Crippen LogP contribution in [0, 0.1) is 5.41 Å². The van der Waals surface area contributed by atoms with Crippen LogP contribution in [0.4, 0.5) is 0 Å². The minimum absolute atomic E-state index is 0.129. The van der Waals surface area contributed by atoms with Crippen molar-refractivity contribution < 1.29 is 27.9 Å². The van der Waals surface area contributed by atoms with Gasteiger partial charge in [0.1, 0.15) is 0 Å². The first kappa shape index (κ1) is 41.6. The summed E-state index contributed by atoms with van der Waals surface area (Å²) in [5, 5.41) is 0. The summed E-state index contributed by atoms with van der Waals surface area (Å²) in [5.41, 5.74) is 2.91. The second kappa shape index (κ2) is 21.5. The molecule has 3 aromatic carbocycles. The Morgan fingerprint density at radius 2 is 0.696 bits per heavy atom. The molecular formula is C37H59B3O6. The van der Waals surface area contributed by atoms with Crippen molar-refractivity contribution in [2.75, 3.05) is 26.4 Å². The van der Waals surface area contributed by atoms with Crippen molar-refractivity contribution in [2.24, 2.45) is 5.41 Å². The van der Waals surface area contributed by atoms with Crippen LogP contribution < -0.4 is 16.4 Å². The second-order valence-corrected chi connectivity index (χ2v) is 12.0. The Morgan fingerprint density at radius 3 is 1.02 bits per heavy atom. The van der Waals surface area contributed by atoms with Crippen molar-refractivity contribution in [3.05, 3.63) is 91.0 Å². The zero-order valence-corrected chi connectivity index (χ0v) is 30.7.